The fourth-order valence-electron chi connectivity index (χ4n) is 1.89. The molecular formula is C15H15N3O. The van der Waals surface area contributed by atoms with Gasteiger partial charge >= 0.3 is 0 Å². The summed E-state index contributed by atoms with van der Waals surface area (Å²) in [5.41, 5.74) is 2.37. The zero-order valence-corrected chi connectivity index (χ0v) is 11.2. The van der Waals surface area contributed by atoms with Crippen LogP contribution in [0, 0.1) is 18.3 Å². The van der Waals surface area contributed by atoms with Crippen LogP contribution in [0.15, 0.2) is 35.1 Å². The number of rotatable bonds is 2. The van der Waals surface area contributed by atoms with Gasteiger partial charge in [-0.1, -0.05) is 26.0 Å². The van der Waals surface area contributed by atoms with E-state index in [1.807, 2.05) is 30.3 Å². The molecule has 0 bridgehead atoms. The van der Waals surface area contributed by atoms with Crippen molar-refractivity contribution in [1.29, 1.82) is 5.26 Å². The van der Waals surface area contributed by atoms with E-state index in [1.165, 1.54) is 11.6 Å². The van der Waals surface area contributed by atoms with E-state index in [-0.39, 0.29) is 11.1 Å². The molecule has 2 aromatic rings. The summed E-state index contributed by atoms with van der Waals surface area (Å²) in [6, 6.07) is 11.2. The number of nitriles is 1. The molecule has 1 aromatic carbocycles. The van der Waals surface area contributed by atoms with Gasteiger partial charge in [0.2, 0.25) is 11.1 Å². The summed E-state index contributed by atoms with van der Waals surface area (Å²) < 4.78 is 1.62. The number of benzene rings is 1. The van der Waals surface area contributed by atoms with Gasteiger partial charge in [-0.05, 0) is 30.5 Å². The van der Waals surface area contributed by atoms with Crippen molar-refractivity contribution in [2.24, 2.45) is 0 Å². The molecule has 0 fully saturated rings. The molecule has 1 aromatic heterocycles. The summed E-state index contributed by atoms with van der Waals surface area (Å²) >= 11 is 0. The van der Waals surface area contributed by atoms with E-state index in [9.17, 15) is 4.79 Å². The molecule has 0 aliphatic heterocycles. The topological polar surface area (TPSA) is 58.7 Å². The Kier molecular flexibility index (Phi) is 3.48. The SMILES string of the molecule is Cc1cc(=O)c(C#N)nn1-c1ccc(C(C)C)cc1. The highest BCUT2D eigenvalue weighted by Gasteiger charge is 2.07. The molecule has 4 nitrogen and oxygen atoms in total. The molecule has 96 valence electrons. The van der Waals surface area contributed by atoms with Gasteiger partial charge in [-0.3, -0.25) is 4.79 Å². The van der Waals surface area contributed by atoms with E-state index in [1.54, 1.807) is 11.6 Å². The van der Waals surface area contributed by atoms with Crippen LogP contribution in [0.5, 0.6) is 0 Å². The van der Waals surface area contributed by atoms with E-state index < -0.39 is 0 Å². The van der Waals surface area contributed by atoms with Crippen LogP contribution in [0.4, 0.5) is 0 Å². The monoisotopic (exact) mass is 253 g/mol. The Bertz CT molecular complexity index is 691. The second-order valence-electron chi connectivity index (χ2n) is 4.77. The highest BCUT2D eigenvalue weighted by molar-refractivity contribution is 5.37. The van der Waals surface area contributed by atoms with Gasteiger partial charge < -0.3 is 0 Å². The average molecular weight is 253 g/mol. The zero-order valence-electron chi connectivity index (χ0n) is 11.2. The first-order valence-corrected chi connectivity index (χ1v) is 6.14. The standard InChI is InChI=1S/C15H15N3O/c1-10(2)12-4-6-13(7-5-12)18-11(3)8-15(19)14(9-16)17-18/h4-8,10H,1-3H3. The maximum Gasteiger partial charge on any atom is 0.218 e. The minimum absolute atomic E-state index is 0.0847. The summed E-state index contributed by atoms with van der Waals surface area (Å²) in [6.45, 7) is 6.06. The van der Waals surface area contributed by atoms with Crippen molar-refractivity contribution in [3.63, 3.8) is 0 Å². The lowest BCUT2D eigenvalue weighted by atomic mass is 10.0. The fourth-order valence-corrected chi connectivity index (χ4v) is 1.89. The summed E-state index contributed by atoms with van der Waals surface area (Å²) in [4.78, 5) is 11.5. The number of aryl methyl sites for hydroxylation is 1. The van der Waals surface area contributed by atoms with Crippen LogP contribution in [0.25, 0.3) is 5.69 Å². The maximum absolute atomic E-state index is 11.5. The van der Waals surface area contributed by atoms with Crippen LogP contribution in [0.1, 0.15) is 36.7 Å². The van der Waals surface area contributed by atoms with Gasteiger partial charge in [-0.15, -0.1) is 0 Å². The molecule has 0 amide bonds. The highest BCUT2D eigenvalue weighted by Crippen LogP contribution is 2.17. The molecule has 19 heavy (non-hydrogen) atoms. The second-order valence-corrected chi connectivity index (χ2v) is 4.77. The Hall–Kier alpha value is -2.41. The molecule has 0 unspecified atom stereocenters. The minimum Gasteiger partial charge on any atom is -0.287 e. The van der Waals surface area contributed by atoms with Crippen molar-refractivity contribution in [2.45, 2.75) is 26.7 Å². The van der Waals surface area contributed by atoms with Crippen LogP contribution in [-0.2, 0) is 0 Å². The lowest BCUT2D eigenvalue weighted by Gasteiger charge is -2.11. The first-order valence-electron chi connectivity index (χ1n) is 6.14. The third-order valence-corrected chi connectivity index (χ3v) is 3.02. The predicted octanol–water partition coefficient (Wildman–Crippen LogP) is 2.54. The number of nitrogens with zero attached hydrogens (tertiary/aromatic N) is 3. The normalized spacial score (nSPS) is 10.5. The largest absolute Gasteiger partial charge is 0.287 e. The van der Waals surface area contributed by atoms with Gasteiger partial charge in [0.25, 0.3) is 0 Å². The van der Waals surface area contributed by atoms with Crippen molar-refractivity contribution >= 4 is 0 Å². The Morgan fingerprint density at radius 1 is 1.26 bits per heavy atom. The Morgan fingerprint density at radius 2 is 1.89 bits per heavy atom. The van der Waals surface area contributed by atoms with Crippen LogP contribution in [-0.4, -0.2) is 9.78 Å². The third-order valence-electron chi connectivity index (χ3n) is 3.02. The second kappa shape index (κ2) is 5.07. The Labute approximate surface area is 111 Å². The smallest absolute Gasteiger partial charge is 0.218 e. The Balaban J connectivity index is 2.53. The minimum atomic E-state index is -0.338. The van der Waals surface area contributed by atoms with Crippen LogP contribution >= 0.6 is 0 Å². The molecule has 0 spiro atoms. The van der Waals surface area contributed by atoms with Gasteiger partial charge in [0.15, 0.2) is 0 Å². The van der Waals surface area contributed by atoms with Gasteiger partial charge in [0, 0.05) is 11.8 Å². The number of aromatic nitrogens is 2. The molecule has 0 atom stereocenters. The van der Waals surface area contributed by atoms with Crippen molar-refractivity contribution in [3.05, 3.63) is 57.5 Å². The van der Waals surface area contributed by atoms with Crippen LogP contribution in [0.3, 0.4) is 0 Å². The summed E-state index contributed by atoms with van der Waals surface area (Å²) in [7, 11) is 0. The van der Waals surface area contributed by atoms with Crippen molar-refractivity contribution in [3.8, 4) is 11.8 Å². The first kappa shape index (κ1) is 13.0. The predicted molar refractivity (Wildman–Crippen MR) is 73.4 cm³/mol. The van der Waals surface area contributed by atoms with Gasteiger partial charge in [0.1, 0.15) is 6.07 Å². The molecular weight excluding hydrogens is 238 g/mol. The summed E-state index contributed by atoms with van der Waals surface area (Å²) in [5.74, 6) is 0.465. The van der Waals surface area contributed by atoms with Crippen LogP contribution < -0.4 is 5.43 Å². The number of hydrogen-bond donors (Lipinski definition) is 0. The van der Waals surface area contributed by atoms with E-state index in [0.717, 1.165) is 5.69 Å². The first-order chi connectivity index (χ1) is 9.02. The molecule has 0 aliphatic carbocycles. The lowest BCUT2D eigenvalue weighted by Crippen LogP contribution is -2.16. The molecule has 4 heteroatoms. The molecule has 0 N–H and O–H groups in total. The molecule has 0 radical (unpaired) electrons. The van der Waals surface area contributed by atoms with E-state index in [4.69, 9.17) is 5.26 Å². The van der Waals surface area contributed by atoms with Gasteiger partial charge in [-0.25, -0.2) is 4.68 Å². The molecule has 2 rings (SSSR count). The maximum atomic E-state index is 11.5. The quantitative estimate of drug-likeness (QED) is 0.826. The zero-order chi connectivity index (χ0) is 14.0. The molecule has 0 saturated carbocycles. The van der Waals surface area contributed by atoms with E-state index in [0.29, 0.717) is 11.6 Å². The van der Waals surface area contributed by atoms with Crippen molar-refractivity contribution < 1.29 is 0 Å². The molecule has 0 saturated heterocycles. The molecule has 0 aliphatic rings. The Morgan fingerprint density at radius 3 is 2.42 bits per heavy atom. The molecule has 1 heterocycles. The lowest BCUT2D eigenvalue weighted by molar-refractivity contribution is 0.787. The van der Waals surface area contributed by atoms with E-state index >= 15 is 0 Å². The number of hydrogen-bond acceptors (Lipinski definition) is 3. The van der Waals surface area contributed by atoms with Crippen LogP contribution in [0.2, 0.25) is 0 Å². The van der Waals surface area contributed by atoms with Crippen molar-refractivity contribution in [1.82, 2.24) is 9.78 Å². The van der Waals surface area contributed by atoms with Gasteiger partial charge in [-0.2, -0.15) is 10.4 Å². The van der Waals surface area contributed by atoms with E-state index in [2.05, 4.69) is 18.9 Å². The average Bonchev–Trinajstić information content (AvgIpc) is 2.39. The highest BCUT2D eigenvalue weighted by atomic mass is 16.1. The summed E-state index contributed by atoms with van der Waals surface area (Å²) in [6.07, 6.45) is 0. The van der Waals surface area contributed by atoms with Crippen molar-refractivity contribution in [2.75, 3.05) is 0 Å². The summed E-state index contributed by atoms with van der Waals surface area (Å²) in [5, 5.41) is 12.9. The van der Waals surface area contributed by atoms with Gasteiger partial charge in [0.05, 0.1) is 5.69 Å². The fraction of sp³-hybridized carbons (Fsp3) is 0.267. The third kappa shape index (κ3) is 2.55.